The number of carbonyl (C=O) groups is 2. The van der Waals surface area contributed by atoms with Gasteiger partial charge in [-0.3, -0.25) is 14.5 Å². The zero-order valence-corrected chi connectivity index (χ0v) is 20.8. The Labute approximate surface area is 214 Å². The van der Waals surface area contributed by atoms with E-state index < -0.39 is 0 Å². The molecule has 2 amide bonds. The molecular formula is C28H24ClNO4S. The Bertz CT molecular complexity index is 1270. The Morgan fingerprint density at radius 2 is 1.77 bits per heavy atom. The lowest BCUT2D eigenvalue weighted by Crippen LogP contribution is -2.27. The van der Waals surface area contributed by atoms with Crippen LogP contribution in [-0.2, 0) is 24.4 Å². The Balaban J connectivity index is 1.59. The molecule has 0 saturated carbocycles. The van der Waals surface area contributed by atoms with Crippen molar-refractivity contribution in [3.05, 3.63) is 112 Å². The second-order valence-corrected chi connectivity index (χ2v) is 9.30. The van der Waals surface area contributed by atoms with Crippen LogP contribution >= 0.6 is 23.4 Å². The fraction of sp³-hybridized carbons (Fsp3) is 0.143. The van der Waals surface area contributed by atoms with Crippen LogP contribution in [0, 0.1) is 0 Å². The zero-order chi connectivity index (χ0) is 24.8. The maximum Gasteiger partial charge on any atom is 0.293 e. The molecule has 3 aromatic rings. The molecule has 0 radical (unpaired) electrons. The van der Waals surface area contributed by atoms with Gasteiger partial charge in [-0.1, -0.05) is 60.1 Å². The summed E-state index contributed by atoms with van der Waals surface area (Å²) < 4.78 is 11.7. The minimum absolute atomic E-state index is 0.241. The summed E-state index contributed by atoms with van der Waals surface area (Å²) in [5.74, 6) is 0.834. The van der Waals surface area contributed by atoms with E-state index in [2.05, 4.69) is 6.58 Å². The van der Waals surface area contributed by atoms with Crippen molar-refractivity contribution in [3.63, 3.8) is 0 Å². The molecule has 1 aliphatic rings. The number of thioether (sulfide) groups is 1. The van der Waals surface area contributed by atoms with E-state index in [1.807, 2.05) is 60.7 Å². The molecule has 0 N–H and O–H groups in total. The number of halogens is 1. The van der Waals surface area contributed by atoms with E-state index in [0.29, 0.717) is 34.5 Å². The third-order valence-corrected chi connectivity index (χ3v) is 6.55. The van der Waals surface area contributed by atoms with Crippen LogP contribution in [0.2, 0.25) is 5.02 Å². The summed E-state index contributed by atoms with van der Waals surface area (Å²) in [7, 11) is 1.57. The van der Waals surface area contributed by atoms with Crippen LogP contribution in [0.15, 0.2) is 84.3 Å². The molecule has 4 rings (SSSR count). The van der Waals surface area contributed by atoms with Crippen LogP contribution in [0.5, 0.6) is 11.5 Å². The molecule has 1 fully saturated rings. The van der Waals surface area contributed by atoms with Crippen LogP contribution < -0.4 is 9.47 Å². The first-order chi connectivity index (χ1) is 17.0. The zero-order valence-electron chi connectivity index (χ0n) is 19.2. The number of benzene rings is 3. The van der Waals surface area contributed by atoms with Gasteiger partial charge in [-0.15, -0.1) is 6.58 Å². The molecule has 0 spiro atoms. The number of nitrogens with zero attached hydrogens (tertiary/aromatic N) is 1. The molecule has 7 heteroatoms. The van der Waals surface area contributed by atoms with Gasteiger partial charge in [-0.25, -0.2) is 0 Å². The van der Waals surface area contributed by atoms with Crippen molar-refractivity contribution in [2.24, 2.45) is 0 Å². The van der Waals surface area contributed by atoms with Gasteiger partial charge in [0, 0.05) is 10.6 Å². The maximum atomic E-state index is 13.0. The maximum absolute atomic E-state index is 13.0. The van der Waals surface area contributed by atoms with Gasteiger partial charge in [-0.2, -0.15) is 0 Å². The van der Waals surface area contributed by atoms with Gasteiger partial charge in [0.2, 0.25) is 0 Å². The molecule has 1 heterocycles. The number of rotatable bonds is 9. The van der Waals surface area contributed by atoms with Crippen molar-refractivity contribution < 1.29 is 19.1 Å². The highest BCUT2D eigenvalue weighted by Crippen LogP contribution is 2.38. The summed E-state index contributed by atoms with van der Waals surface area (Å²) >= 11 is 6.91. The molecule has 178 valence electrons. The Hall–Kier alpha value is -3.48. The van der Waals surface area contributed by atoms with E-state index in [1.54, 1.807) is 25.3 Å². The highest BCUT2D eigenvalue weighted by atomic mass is 35.5. The summed E-state index contributed by atoms with van der Waals surface area (Å²) in [4.78, 5) is 27.1. The van der Waals surface area contributed by atoms with Gasteiger partial charge in [0.05, 0.1) is 18.6 Å². The van der Waals surface area contributed by atoms with E-state index in [1.165, 1.54) is 4.90 Å². The third-order valence-electron chi connectivity index (χ3n) is 5.39. The lowest BCUT2D eigenvalue weighted by Gasteiger charge is -2.16. The number of ether oxygens (including phenoxy) is 2. The fourth-order valence-electron chi connectivity index (χ4n) is 3.68. The molecule has 0 bridgehead atoms. The summed E-state index contributed by atoms with van der Waals surface area (Å²) in [6.45, 7) is 4.43. The first kappa shape index (κ1) is 24.6. The summed E-state index contributed by atoms with van der Waals surface area (Å²) in [6.07, 6.45) is 4.04. The van der Waals surface area contributed by atoms with Crippen LogP contribution in [0.25, 0.3) is 6.08 Å². The van der Waals surface area contributed by atoms with Gasteiger partial charge in [0.1, 0.15) is 6.61 Å². The van der Waals surface area contributed by atoms with Crippen molar-refractivity contribution in [3.8, 4) is 11.5 Å². The second-order valence-electron chi connectivity index (χ2n) is 7.87. The Kier molecular flexibility index (Phi) is 7.95. The van der Waals surface area contributed by atoms with Crippen molar-refractivity contribution in [1.29, 1.82) is 0 Å². The van der Waals surface area contributed by atoms with E-state index in [-0.39, 0.29) is 17.7 Å². The smallest absolute Gasteiger partial charge is 0.293 e. The normalized spacial score (nSPS) is 14.5. The van der Waals surface area contributed by atoms with Crippen molar-refractivity contribution >= 4 is 40.6 Å². The van der Waals surface area contributed by atoms with E-state index in [0.717, 1.165) is 34.0 Å². The van der Waals surface area contributed by atoms with Crippen LogP contribution in [-0.4, -0.2) is 23.2 Å². The monoisotopic (exact) mass is 505 g/mol. The number of amides is 2. The molecule has 3 aromatic carbocycles. The van der Waals surface area contributed by atoms with Gasteiger partial charge < -0.3 is 9.47 Å². The van der Waals surface area contributed by atoms with Crippen molar-refractivity contribution in [2.75, 3.05) is 7.11 Å². The number of methoxy groups -OCH3 is 1. The quantitative estimate of drug-likeness (QED) is 0.234. The lowest BCUT2D eigenvalue weighted by molar-refractivity contribution is -0.123. The van der Waals surface area contributed by atoms with E-state index in [4.69, 9.17) is 21.1 Å². The van der Waals surface area contributed by atoms with Crippen molar-refractivity contribution in [2.45, 2.75) is 19.6 Å². The average molecular weight is 506 g/mol. The SMILES string of the molecule is C=CCc1cc(/C=C2\SC(=O)N(Cc3ccccc3)C2=O)cc(OC)c1OCc1ccc(Cl)cc1. The Morgan fingerprint density at radius 1 is 1.03 bits per heavy atom. The highest BCUT2D eigenvalue weighted by Gasteiger charge is 2.35. The molecule has 1 aliphatic heterocycles. The second kappa shape index (κ2) is 11.3. The van der Waals surface area contributed by atoms with Gasteiger partial charge in [0.15, 0.2) is 11.5 Å². The predicted octanol–water partition coefficient (Wildman–Crippen LogP) is 6.89. The van der Waals surface area contributed by atoms with Crippen LogP contribution in [0.1, 0.15) is 22.3 Å². The first-order valence-corrected chi connectivity index (χ1v) is 12.2. The third kappa shape index (κ3) is 5.96. The molecular weight excluding hydrogens is 482 g/mol. The number of hydrogen-bond acceptors (Lipinski definition) is 5. The van der Waals surface area contributed by atoms with E-state index in [9.17, 15) is 9.59 Å². The largest absolute Gasteiger partial charge is 0.493 e. The fourth-order valence-corrected chi connectivity index (χ4v) is 4.64. The molecule has 0 aromatic heterocycles. The predicted molar refractivity (Wildman–Crippen MR) is 141 cm³/mol. The van der Waals surface area contributed by atoms with Crippen LogP contribution in [0.3, 0.4) is 0 Å². The standard InChI is InChI=1S/C28H24ClNO4S/c1-3-7-22-14-21(15-24(33-2)26(22)34-18-20-10-12-23(29)13-11-20)16-25-27(31)30(28(32)35-25)17-19-8-5-4-6-9-19/h3-6,8-16H,1,7,17-18H2,2H3/b25-16-. The highest BCUT2D eigenvalue weighted by molar-refractivity contribution is 8.18. The summed E-state index contributed by atoms with van der Waals surface area (Å²) in [5.41, 5.74) is 3.47. The first-order valence-electron chi connectivity index (χ1n) is 11.0. The topological polar surface area (TPSA) is 55.8 Å². The summed E-state index contributed by atoms with van der Waals surface area (Å²) in [5, 5.41) is 0.377. The molecule has 0 unspecified atom stereocenters. The molecule has 1 saturated heterocycles. The van der Waals surface area contributed by atoms with Gasteiger partial charge in [-0.05, 0) is 65.2 Å². The number of carbonyl (C=O) groups excluding carboxylic acids is 2. The molecule has 0 aliphatic carbocycles. The number of allylic oxidation sites excluding steroid dienone is 1. The molecule has 35 heavy (non-hydrogen) atoms. The number of imide groups is 1. The lowest BCUT2D eigenvalue weighted by atomic mass is 10.0. The Morgan fingerprint density at radius 3 is 2.46 bits per heavy atom. The van der Waals surface area contributed by atoms with Crippen LogP contribution in [0.4, 0.5) is 4.79 Å². The number of hydrogen-bond donors (Lipinski definition) is 0. The molecule has 0 atom stereocenters. The van der Waals surface area contributed by atoms with Gasteiger partial charge >= 0.3 is 0 Å². The summed E-state index contributed by atoms with van der Waals surface area (Å²) in [6, 6.07) is 20.6. The van der Waals surface area contributed by atoms with Crippen molar-refractivity contribution in [1.82, 2.24) is 4.90 Å². The average Bonchev–Trinajstić information content (AvgIpc) is 3.12. The van der Waals surface area contributed by atoms with E-state index >= 15 is 0 Å². The minimum atomic E-state index is -0.309. The molecule has 5 nitrogen and oxygen atoms in total. The minimum Gasteiger partial charge on any atom is -0.493 e. The van der Waals surface area contributed by atoms with Gasteiger partial charge in [0.25, 0.3) is 11.1 Å².